The van der Waals surface area contributed by atoms with Gasteiger partial charge in [-0.2, -0.15) is 0 Å². The predicted octanol–water partition coefficient (Wildman–Crippen LogP) is 3.32. The number of para-hydroxylation sites is 1. The zero-order valence-corrected chi connectivity index (χ0v) is 15.1. The molecule has 1 aromatic heterocycles. The number of aromatic nitrogens is 1. The fraction of sp³-hybridized carbons (Fsp3) is 0.350. The largest absolute Gasteiger partial charge is 0.470 e. The quantitative estimate of drug-likeness (QED) is 0.738. The standard InChI is InChI=1S/C20H23N3OS/c1-2-4-19-18(3-1)22-20(25-19)24-14-9-16-5-7-17(8-6-16)15-23-12-10-21-11-13-23/h1-8,21H,9-15H2. The van der Waals surface area contributed by atoms with Crippen LogP contribution in [0.15, 0.2) is 48.5 Å². The lowest BCUT2D eigenvalue weighted by Gasteiger charge is -2.27. The molecule has 1 saturated heterocycles. The topological polar surface area (TPSA) is 37.4 Å². The van der Waals surface area contributed by atoms with E-state index < -0.39 is 0 Å². The highest BCUT2D eigenvalue weighted by Gasteiger charge is 2.09. The third kappa shape index (κ3) is 4.37. The molecule has 0 spiro atoms. The predicted molar refractivity (Wildman–Crippen MR) is 103 cm³/mol. The van der Waals surface area contributed by atoms with Crippen molar-refractivity contribution in [2.75, 3.05) is 32.8 Å². The number of thiazole rings is 1. The third-order valence-corrected chi connectivity index (χ3v) is 5.48. The lowest BCUT2D eigenvalue weighted by molar-refractivity contribution is 0.233. The highest BCUT2D eigenvalue weighted by Crippen LogP contribution is 2.27. The van der Waals surface area contributed by atoms with Crippen molar-refractivity contribution in [3.8, 4) is 5.19 Å². The van der Waals surface area contributed by atoms with E-state index in [9.17, 15) is 0 Å². The van der Waals surface area contributed by atoms with Gasteiger partial charge in [0.1, 0.15) is 0 Å². The van der Waals surface area contributed by atoms with E-state index in [1.165, 1.54) is 15.8 Å². The number of nitrogens with zero attached hydrogens (tertiary/aromatic N) is 2. The van der Waals surface area contributed by atoms with Crippen LogP contribution in [0.1, 0.15) is 11.1 Å². The van der Waals surface area contributed by atoms with Crippen LogP contribution in [0.5, 0.6) is 5.19 Å². The van der Waals surface area contributed by atoms with Gasteiger partial charge >= 0.3 is 0 Å². The summed E-state index contributed by atoms with van der Waals surface area (Å²) < 4.78 is 7.01. The number of benzene rings is 2. The van der Waals surface area contributed by atoms with Gasteiger partial charge in [0, 0.05) is 39.1 Å². The average Bonchev–Trinajstić information content (AvgIpc) is 3.07. The van der Waals surface area contributed by atoms with Crippen molar-refractivity contribution < 1.29 is 4.74 Å². The van der Waals surface area contributed by atoms with Crippen molar-refractivity contribution in [1.29, 1.82) is 0 Å². The van der Waals surface area contributed by atoms with Crippen LogP contribution in [-0.4, -0.2) is 42.7 Å². The summed E-state index contributed by atoms with van der Waals surface area (Å²) in [6, 6.07) is 17.1. The average molecular weight is 353 g/mol. The van der Waals surface area contributed by atoms with Crippen LogP contribution in [-0.2, 0) is 13.0 Å². The molecule has 5 heteroatoms. The summed E-state index contributed by atoms with van der Waals surface area (Å²) in [6.07, 6.45) is 0.907. The molecule has 4 nitrogen and oxygen atoms in total. The highest BCUT2D eigenvalue weighted by atomic mass is 32.1. The molecule has 3 aromatic rings. The van der Waals surface area contributed by atoms with Gasteiger partial charge in [0.05, 0.1) is 16.8 Å². The molecule has 1 N–H and O–H groups in total. The molecule has 0 radical (unpaired) electrons. The van der Waals surface area contributed by atoms with Crippen molar-refractivity contribution in [1.82, 2.24) is 15.2 Å². The van der Waals surface area contributed by atoms with Crippen molar-refractivity contribution in [2.24, 2.45) is 0 Å². The summed E-state index contributed by atoms with van der Waals surface area (Å²) >= 11 is 1.61. The molecular formula is C20H23N3OS. The maximum Gasteiger partial charge on any atom is 0.274 e. The lowest BCUT2D eigenvalue weighted by Crippen LogP contribution is -2.42. The van der Waals surface area contributed by atoms with Crippen molar-refractivity contribution in [2.45, 2.75) is 13.0 Å². The summed E-state index contributed by atoms with van der Waals surface area (Å²) in [5, 5.41) is 4.16. The minimum absolute atomic E-state index is 0.664. The van der Waals surface area contributed by atoms with E-state index in [4.69, 9.17) is 4.74 Å². The van der Waals surface area contributed by atoms with Gasteiger partial charge in [0.15, 0.2) is 0 Å². The second-order valence-corrected chi connectivity index (χ2v) is 7.38. The van der Waals surface area contributed by atoms with E-state index in [0.717, 1.165) is 49.9 Å². The minimum atomic E-state index is 0.664. The zero-order valence-electron chi connectivity index (χ0n) is 14.3. The third-order valence-electron chi connectivity index (χ3n) is 4.53. The summed E-state index contributed by atoms with van der Waals surface area (Å²) in [6.45, 7) is 6.18. The normalized spacial score (nSPS) is 15.5. The minimum Gasteiger partial charge on any atom is -0.470 e. The molecule has 0 aliphatic carbocycles. The summed E-state index contributed by atoms with van der Waals surface area (Å²) in [7, 11) is 0. The van der Waals surface area contributed by atoms with Gasteiger partial charge in [-0.3, -0.25) is 4.90 Å². The van der Waals surface area contributed by atoms with Crippen LogP contribution >= 0.6 is 11.3 Å². The molecule has 0 amide bonds. The number of rotatable bonds is 6. The van der Waals surface area contributed by atoms with E-state index in [2.05, 4.69) is 45.5 Å². The SMILES string of the molecule is c1ccc2sc(OCCc3ccc(CN4CCNCC4)cc3)nc2c1. The molecule has 1 aliphatic rings. The first-order valence-corrected chi connectivity index (χ1v) is 9.68. The Hall–Kier alpha value is -1.95. The van der Waals surface area contributed by atoms with Crippen LogP contribution in [0.25, 0.3) is 10.2 Å². The molecule has 25 heavy (non-hydrogen) atoms. The zero-order chi connectivity index (χ0) is 16.9. The Morgan fingerprint density at radius 3 is 2.56 bits per heavy atom. The molecule has 0 atom stereocenters. The van der Waals surface area contributed by atoms with E-state index in [1.807, 2.05) is 18.2 Å². The van der Waals surface area contributed by atoms with E-state index in [0.29, 0.717) is 6.61 Å². The Bertz CT molecular complexity index is 776. The Labute approximate surface area is 152 Å². The molecule has 1 fully saturated rings. The molecule has 2 heterocycles. The summed E-state index contributed by atoms with van der Waals surface area (Å²) in [5.41, 5.74) is 3.71. The molecule has 0 bridgehead atoms. The van der Waals surface area contributed by atoms with E-state index in [1.54, 1.807) is 11.3 Å². The van der Waals surface area contributed by atoms with Crippen LogP contribution in [0.2, 0.25) is 0 Å². The second kappa shape index (κ2) is 7.95. The monoisotopic (exact) mass is 353 g/mol. The second-order valence-electron chi connectivity index (χ2n) is 6.39. The first kappa shape index (κ1) is 16.5. The lowest BCUT2D eigenvalue weighted by atomic mass is 10.1. The number of fused-ring (bicyclic) bond motifs is 1. The fourth-order valence-corrected chi connectivity index (χ4v) is 3.95. The Morgan fingerprint density at radius 1 is 1.00 bits per heavy atom. The van der Waals surface area contributed by atoms with Crippen LogP contribution in [0.3, 0.4) is 0 Å². The van der Waals surface area contributed by atoms with Gasteiger partial charge in [0.2, 0.25) is 0 Å². The number of hydrogen-bond donors (Lipinski definition) is 1. The summed E-state index contributed by atoms with van der Waals surface area (Å²) in [4.78, 5) is 7.01. The molecular weight excluding hydrogens is 330 g/mol. The molecule has 0 saturated carbocycles. The van der Waals surface area contributed by atoms with E-state index >= 15 is 0 Å². The Morgan fingerprint density at radius 2 is 1.76 bits per heavy atom. The van der Waals surface area contributed by atoms with Gasteiger partial charge in [-0.05, 0) is 23.3 Å². The van der Waals surface area contributed by atoms with Gasteiger partial charge in [-0.15, -0.1) is 0 Å². The van der Waals surface area contributed by atoms with Crippen molar-refractivity contribution >= 4 is 21.6 Å². The first-order chi connectivity index (χ1) is 12.4. The number of hydrogen-bond acceptors (Lipinski definition) is 5. The van der Waals surface area contributed by atoms with E-state index in [-0.39, 0.29) is 0 Å². The molecule has 2 aromatic carbocycles. The molecule has 0 unspecified atom stereocenters. The Kier molecular flexibility index (Phi) is 5.25. The summed E-state index contributed by atoms with van der Waals surface area (Å²) in [5.74, 6) is 0. The van der Waals surface area contributed by atoms with Gasteiger partial charge in [-0.1, -0.05) is 47.7 Å². The molecule has 130 valence electrons. The number of ether oxygens (including phenoxy) is 1. The highest BCUT2D eigenvalue weighted by molar-refractivity contribution is 7.20. The van der Waals surface area contributed by atoms with Gasteiger partial charge < -0.3 is 10.1 Å². The molecule has 1 aliphatic heterocycles. The maximum absolute atomic E-state index is 5.84. The van der Waals surface area contributed by atoms with Crippen LogP contribution in [0, 0.1) is 0 Å². The van der Waals surface area contributed by atoms with Crippen molar-refractivity contribution in [3.05, 3.63) is 59.7 Å². The maximum atomic E-state index is 5.84. The molecule has 4 rings (SSSR count). The van der Waals surface area contributed by atoms with Gasteiger partial charge in [0.25, 0.3) is 5.19 Å². The van der Waals surface area contributed by atoms with Crippen molar-refractivity contribution in [3.63, 3.8) is 0 Å². The van der Waals surface area contributed by atoms with Crippen LogP contribution < -0.4 is 10.1 Å². The fourth-order valence-electron chi connectivity index (χ4n) is 3.11. The Balaban J connectivity index is 1.27. The van der Waals surface area contributed by atoms with Crippen LogP contribution in [0.4, 0.5) is 0 Å². The van der Waals surface area contributed by atoms with Gasteiger partial charge in [-0.25, -0.2) is 4.98 Å². The number of nitrogens with one attached hydrogen (secondary N) is 1. The smallest absolute Gasteiger partial charge is 0.274 e. The first-order valence-electron chi connectivity index (χ1n) is 8.86. The number of piperazine rings is 1.